The summed E-state index contributed by atoms with van der Waals surface area (Å²) in [4.78, 5) is 8.40. The lowest BCUT2D eigenvalue weighted by molar-refractivity contribution is 0.715. The molecule has 2 heterocycles. The zero-order chi connectivity index (χ0) is 11.5. The lowest BCUT2D eigenvalue weighted by Crippen LogP contribution is -1.99. The average Bonchev–Trinajstić information content (AvgIpc) is 2.81. The van der Waals surface area contributed by atoms with Crippen LogP contribution in [0, 0.1) is 0 Å². The zero-order valence-corrected chi connectivity index (χ0v) is 10.7. The second-order valence-electron chi connectivity index (χ2n) is 4.03. The maximum Gasteiger partial charge on any atom is 0.0958 e. The van der Waals surface area contributed by atoms with Crippen molar-refractivity contribution in [3.63, 3.8) is 0 Å². The molecule has 0 fully saturated rings. The summed E-state index contributed by atoms with van der Waals surface area (Å²) in [7, 11) is 0. The van der Waals surface area contributed by atoms with Crippen LogP contribution in [0.1, 0.15) is 5.56 Å². The molecule has 0 saturated heterocycles. The van der Waals surface area contributed by atoms with Crippen LogP contribution >= 0.6 is 12.4 Å². The third-order valence-electron chi connectivity index (χ3n) is 2.92. The number of hydrogen-bond donors (Lipinski definition) is 0. The van der Waals surface area contributed by atoms with E-state index in [-0.39, 0.29) is 12.4 Å². The van der Waals surface area contributed by atoms with Gasteiger partial charge in [-0.05, 0) is 36.2 Å². The molecule has 1 aromatic carbocycles. The average molecular weight is 260 g/mol. The molecule has 0 spiro atoms. The Morgan fingerprint density at radius 3 is 2.61 bits per heavy atom. The van der Waals surface area contributed by atoms with Gasteiger partial charge in [0.15, 0.2) is 0 Å². The molecule has 3 nitrogen and oxygen atoms in total. The lowest BCUT2D eigenvalue weighted by Gasteiger charge is -2.04. The van der Waals surface area contributed by atoms with Crippen molar-refractivity contribution in [2.45, 2.75) is 13.0 Å². The number of pyridine rings is 1. The summed E-state index contributed by atoms with van der Waals surface area (Å²) in [6.45, 7) is 0.949. The Morgan fingerprint density at radius 2 is 1.78 bits per heavy atom. The molecule has 0 aliphatic heterocycles. The van der Waals surface area contributed by atoms with E-state index in [0.29, 0.717) is 0 Å². The van der Waals surface area contributed by atoms with Crippen LogP contribution in [-0.4, -0.2) is 14.5 Å². The molecular formula is C14H14ClN3. The maximum atomic E-state index is 4.38. The predicted molar refractivity (Wildman–Crippen MR) is 74.9 cm³/mol. The monoisotopic (exact) mass is 259 g/mol. The highest BCUT2D eigenvalue weighted by atomic mass is 35.5. The third kappa shape index (κ3) is 2.51. The van der Waals surface area contributed by atoms with Gasteiger partial charge in [0.25, 0.3) is 0 Å². The van der Waals surface area contributed by atoms with Gasteiger partial charge in [0.05, 0.1) is 17.4 Å². The van der Waals surface area contributed by atoms with Crippen LogP contribution < -0.4 is 0 Å². The fraction of sp³-hybridized carbons (Fsp3) is 0.143. The van der Waals surface area contributed by atoms with Crippen LogP contribution in [-0.2, 0) is 13.0 Å². The summed E-state index contributed by atoms with van der Waals surface area (Å²) in [5.74, 6) is 0. The number of nitrogens with zero attached hydrogens (tertiary/aromatic N) is 3. The molecule has 4 heteroatoms. The van der Waals surface area contributed by atoms with Crippen LogP contribution in [0.5, 0.6) is 0 Å². The summed E-state index contributed by atoms with van der Waals surface area (Å²) in [6.07, 6.45) is 6.58. The molecule has 0 aliphatic rings. The molecule has 92 valence electrons. The van der Waals surface area contributed by atoms with E-state index in [1.54, 1.807) is 0 Å². The molecule has 3 aromatic rings. The number of fused-ring (bicyclic) bond motifs is 1. The number of aryl methyl sites for hydroxylation is 2. The van der Waals surface area contributed by atoms with Gasteiger partial charge in [-0.15, -0.1) is 12.4 Å². The first kappa shape index (κ1) is 12.6. The van der Waals surface area contributed by atoms with Gasteiger partial charge in [0, 0.05) is 18.9 Å². The van der Waals surface area contributed by atoms with Crippen molar-refractivity contribution in [2.24, 2.45) is 0 Å². The number of imidazole rings is 1. The van der Waals surface area contributed by atoms with Crippen molar-refractivity contribution in [2.75, 3.05) is 0 Å². The molecule has 0 atom stereocenters. The van der Waals surface area contributed by atoms with Gasteiger partial charge in [-0.1, -0.05) is 12.1 Å². The SMILES string of the molecule is Cl.c1ccc2c(c1)ncn2CCc1ccncc1. The molecule has 18 heavy (non-hydrogen) atoms. The normalized spacial score (nSPS) is 10.2. The standard InChI is InChI=1S/C14H13N3.ClH/c1-2-4-14-13(3-1)16-11-17(14)10-7-12-5-8-15-9-6-12;/h1-6,8-9,11H,7,10H2;1H. The highest BCUT2D eigenvalue weighted by Gasteiger charge is 2.01. The number of benzene rings is 1. The summed E-state index contributed by atoms with van der Waals surface area (Å²) >= 11 is 0. The first-order valence-corrected chi connectivity index (χ1v) is 5.72. The van der Waals surface area contributed by atoms with E-state index in [0.717, 1.165) is 18.5 Å². The van der Waals surface area contributed by atoms with Crippen molar-refractivity contribution in [3.8, 4) is 0 Å². The molecule has 0 N–H and O–H groups in total. The second kappa shape index (κ2) is 5.65. The predicted octanol–water partition coefficient (Wildman–Crippen LogP) is 3.10. The Kier molecular flexibility index (Phi) is 3.95. The Bertz CT molecular complexity index is 619. The van der Waals surface area contributed by atoms with Gasteiger partial charge in [-0.25, -0.2) is 4.98 Å². The minimum absolute atomic E-state index is 0. The van der Waals surface area contributed by atoms with Crippen LogP contribution in [0.2, 0.25) is 0 Å². The van der Waals surface area contributed by atoms with Crippen LogP contribution in [0.15, 0.2) is 55.1 Å². The number of halogens is 1. The minimum Gasteiger partial charge on any atom is -0.330 e. The topological polar surface area (TPSA) is 30.7 Å². The molecule has 2 aromatic heterocycles. The summed E-state index contributed by atoms with van der Waals surface area (Å²) in [5, 5.41) is 0. The highest BCUT2D eigenvalue weighted by Crippen LogP contribution is 2.12. The molecule has 0 radical (unpaired) electrons. The molecular weight excluding hydrogens is 246 g/mol. The van der Waals surface area contributed by atoms with E-state index in [1.165, 1.54) is 11.1 Å². The summed E-state index contributed by atoms with van der Waals surface area (Å²) in [5.41, 5.74) is 3.56. The number of rotatable bonds is 3. The molecule has 0 bridgehead atoms. The third-order valence-corrected chi connectivity index (χ3v) is 2.92. The van der Waals surface area contributed by atoms with Gasteiger partial charge in [0.2, 0.25) is 0 Å². The van der Waals surface area contributed by atoms with E-state index in [4.69, 9.17) is 0 Å². The van der Waals surface area contributed by atoms with Gasteiger partial charge in [-0.3, -0.25) is 4.98 Å². The number of aromatic nitrogens is 3. The van der Waals surface area contributed by atoms with Crippen molar-refractivity contribution in [1.29, 1.82) is 0 Å². The van der Waals surface area contributed by atoms with Crippen LogP contribution in [0.4, 0.5) is 0 Å². The van der Waals surface area contributed by atoms with Gasteiger partial charge < -0.3 is 4.57 Å². The van der Waals surface area contributed by atoms with Gasteiger partial charge >= 0.3 is 0 Å². The summed E-state index contributed by atoms with van der Waals surface area (Å²) in [6, 6.07) is 12.3. The minimum atomic E-state index is 0. The molecule has 0 amide bonds. The Morgan fingerprint density at radius 1 is 1.00 bits per heavy atom. The van der Waals surface area contributed by atoms with E-state index in [9.17, 15) is 0 Å². The smallest absolute Gasteiger partial charge is 0.0958 e. The number of para-hydroxylation sites is 2. The van der Waals surface area contributed by atoms with Crippen molar-refractivity contribution in [3.05, 3.63) is 60.7 Å². The Labute approximate surface area is 112 Å². The van der Waals surface area contributed by atoms with Crippen molar-refractivity contribution in [1.82, 2.24) is 14.5 Å². The van der Waals surface area contributed by atoms with Gasteiger partial charge in [-0.2, -0.15) is 0 Å². The highest BCUT2D eigenvalue weighted by molar-refractivity contribution is 5.85. The maximum absolute atomic E-state index is 4.38. The fourth-order valence-corrected chi connectivity index (χ4v) is 1.99. The lowest BCUT2D eigenvalue weighted by atomic mass is 10.2. The number of hydrogen-bond acceptors (Lipinski definition) is 2. The molecule has 0 saturated carbocycles. The van der Waals surface area contributed by atoms with E-state index >= 15 is 0 Å². The Hall–Kier alpha value is -1.87. The van der Waals surface area contributed by atoms with Crippen LogP contribution in [0.25, 0.3) is 11.0 Å². The Balaban J connectivity index is 0.00000120. The molecule has 3 rings (SSSR count). The van der Waals surface area contributed by atoms with E-state index in [1.807, 2.05) is 36.9 Å². The van der Waals surface area contributed by atoms with Crippen molar-refractivity contribution >= 4 is 23.4 Å². The summed E-state index contributed by atoms with van der Waals surface area (Å²) < 4.78 is 2.19. The quantitative estimate of drug-likeness (QED) is 0.724. The fourth-order valence-electron chi connectivity index (χ4n) is 1.99. The van der Waals surface area contributed by atoms with Gasteiger partial charge in [0.1, 0.15) is 0 Å². The first-order valence-electron chi connectivity index (χ1n) is 5.72. The first-order chi connectivity index (χ1) is 8.43. The second-order valence-corrected chi connectivity index (χ2v) is 4.03. The zero-order valence-electron chi connectivity index (χ0n) is 9.86. The van der Waals surface area contributed by atoms with E-state index < -0.39 is 0 Å². The molecule has 0 unspecified atom stereocenters. The van der Waals surface area contributed by atoms with Crippen LogP contribution in [0.3, 0.4) is 0 Å². The van der Waals surface area contributed by atoms with E-state index in [2.05, 4.69) is 32.7 Å². The largest absolute Gasteiger partial charge is 0.330 e. The van der Waals surface area contributed by atoms with Crippen molar-refractivity contribution < 1.29 is 0 Å². The molecule has 0 aliphatic carbocycles.